The number of benzene rings is 3. The topological polar surface area (TPSA) is 108 Å². The van der Waals surface area contributed by atoms with Gasteiger partial charge in [0.05, 0.1) is 16.8 Å². The number of fused-ring (bicyclic) bond motifs is 1. The Morgan fingerprint density at radius 3 is 2.53 bits per heavy atom. The van der Waals surface area contributed by atoms with Crippen LogP contribution in [0.1, 0.15) is 15.9 Å². The maximum atomic E-state index is 13.2. The van der Waals surface area contributed by atoms with E-state index in [1.165, 1.54) is 18.3 Å². The molecule has 0 atom stereocenters. The van der Waals surface area contributed by atoms with Gasteiger partial charge in [-0.3, -0.25) is 4.98 Å². The predicted molar refractivity (Wildman–Crippen MR) is 127 cm³/mol. The zero-order valence-electron chi connectivity index (χ0n) is 16.6. The number of carbonyl (C=O) groups is 1. The van der Waals surface area contributed by atoms with Crippen molar-refractivity contribution < 1.29 is 18.3 Å². The molecular formula is C23H18BrN3O4S. The second-order valence-electron chi connectivity index (χ2n) is 6.98. The van der Waals surface area contributed by atoms with E-state index in [2.05, 4.69) is 31.0 Å². The monoisotopic (exact) mass is 511 g/mol. The normalized spacial score (nSPS) is 11.4. The lowest BCUT2D eigenvalue weighted by Crippen LogP contribution is -2.24. The number of hydrogen-bond donors (Lipinski definition) is 3. The zero-order valence-corrected chi connectivity index (χ0v) is 19.0. The summed E-state index contributed by atoms with van der Waals surface area (Å²) < 4.78 is 29.8. The van der Waals surface area contributed by atoms with E-state index < -0.39 is 16.0 Å². The standard InChI is InChI=1S/C23H18BrN3O4S/c24-17-9-10-19-20(12-17)25-14-21(32(30,31)26-13-15-5-2-1-3-6-15)22(19)27-18-8-4-7-16(11-18)23(28)29/h1-12,14,26H,13H2,(H,25,27)(H,28,29). The molecule has 0 radical (unpaired) electrons. The number of sulfonamides is 1. The molecule has 0 aliphatic carbocycles. The molecule has 0 spiro atoms. The Bertz CT molecular complexity index is 1410. The molecule has 0 saturated heterocycles. The fourth-order valence-electron chi connectivity index (χ4n) is 3.21. The van der Waals surface area contributed by atoms with Gasteiger partial charge in [-0.15, -0.1) is 0 Å². The molecule has 0 amide bonds. The lowest BCUT2D eigenvalue weighted by molar-refractivity contribution is 0.0697. The Morgan fingerprint density at radius 1 is 1.00 bits per heavy atom. The van der Waals surface area contributed by atoms with Gasteiger partial charge in [0.1, 0.15) is 4.90 Å². The van der Waals surface area contributed by atoms with Crippen molar-refractivity contribution >= 4 is 54.2 Å². The molecule has 162 valence electrons. The third kappa shape index (κ3) is 4.80. The maximum Gasteiger partial charge on any atom is 0.335 e. The van der Waals surface area contributed by atoms with Gasteiger partial charge in [0, 0.05) is 28.3 Å². The van der Waals surface area contributed by atoms with E-state index in [-0.39, 0.29) is 17.0 Å². The molecule has 0 aliphatic rings. The molecular weight excluding hydrogens is 494 g/mol. The maximum absolute atomic E-state index is 13.2. The number of pyridine rings is 1. The van der Waals surface area contributed by atoms with Crippen LogP contribution in [-0.2, 0) is 16.6 Å². The van der Waals surface area contributed by atoms with Crippen LogP contribution in [0.3, 0.4) is 0 Å². The van der Waals surface area contributed by atoms with E-state index >= 15 is 0 Å². The fourth-order valence-corrected chi connectivity index (χ4v) is 4.69. The van der Waals surface area contributed by atoms with Crippen molar-refractivity contribution in [2.45, 2.75) is 11.4 Å². The number of anilines is 2. The van der Waals surface area contributed by atoms with Crippen LogP contribution in [0.2, 0.25) is 0 Å². The Kier molecular flexibility index (Phi) is 6.22. The van der Waals surface area contributed by atoms with E-state index in [0.717, 1.165) is 10.0 Å². The van der Waals surface area contributed by atoms with Crippen molar-refractivity contribution in [2.75, 3.05) is 5.32 Å². The first-order valence-electron chi connectivity index (χ1n) is 9.56. The molecule has 0 saturated carbocycles. The van der Waals surface area contributed by atoms with Crippen LogP contribution in [0.5, 0.6) is 0 Å². The summed E-state index contributed by atoms with van der Waals surface area (Å²) in [5.74, 6) is -1.07. The number of hydrogen-bond acceptors (Lipinski definition) is 5. The molecule has 4 rings (SSSR count). The van der Waals surface area contributed by atoms with Gasteiger partial charge in [0.15, 0.2) is 0 Å². The van der Waals surface area contributed by atoms with Crippen molar-refractivity contribution in [3.8, 4) is 0 Å². The Balaban J connectivity index is 1.79. The minimum absolute atomic E-state index is 0.0380. The summed E-state index contributed by atoms with van der Waals surface area (Å²) in [6, 6.07) is 20.7. The van der Waals surface area contributed by atoms with Crippen molar-refractivity contribution in [2.24, 2.45) is 0 Å². The zero-order chi connectivity index (χ0) is 22.7. The van der Waals surface area contributed by atoms with Gasteiger partial charge >= 0.3 is 5.97 Å². The van der Waals surface area contributed by atoms with Crippen LogP contribution >= 0.6 is 15.9 Å². The second-order valence-corrected chi connectivity index (χ2v) is 9.63. The number of aromatic nitrogens is 1. The summed E-state index contributed by atoms with van der Waals surface area (Å²) in [6.45, 7) is 0.121. The molecule has 0 unspecified atom stereocenters. The first-order chi connectivity index (χ1) is 15.3. The SMILES string of the molecule is O=C(O)c1cccc(Nc2c(S(=O)(=O)NCc3ccccc3)cnc3cc(Br)ccc23)c1. The summed E-state index contributed by atoms with van der Waals surface area (Å²) in [7, 11) is -3.94. The van der Waals surface area contributed by atoms with Crippen molar-refractivity contribution in [1.82, 2.24) is 9.71 Å². The summed E-state index contributed by atoms with van der Waals surface area (Å²) >= 11 is 3.40. The molecule has 1 aromatic heterocycles. The summed E-state index contributed by atoms with van der Waals surface area (Å²) in [5.41, 5.74) is 2.24. The first-order valence-corrected chi connectivity index (χ1v) is 11.8. The molecule has 3 N–H and O–H groups in total. The molecule has 0 aliphatic heterocycles. The largest absolute Gasteiger partial charge is 0.478 e. The van der Waals surface area contributed by atoms with Crippen LogP contribution < -0.4 is 10.0 Å². The quantitative estimate of drug-likeness (QED) is 0.325. The van der Waals surface area contributed by atoms with Gasteiger partial charge in [-0.1, -0.05) is 52.3 Å². The van der Waals surface area contributed by atoms with Crippen molar-refractivity contribution in [3.63, 3.8) is 0 Å². The average molecular weight is 512 g/mol. The molecule has 7 nitrogen and oxygen atoms in total. The Labute approximate surface area is 193 Å². The highest BCUT2D eigenvalue weighted by Gasteiger charge is 2.22. The third-order valence-electron chi connectivity index (χ3n) is 4.77. The van der Waals surface area contributed by atoms with E-state index in [4.69, 9.17) is 0 Å². The molecule has 1 heterocycles. The van der Waals surface area contributed by atoms with Gasteiger partial charge in [0.25, 0.3) is 0 Å². The van der Waals surface area contributed by atoms with Crippen molar-refractivity contribution in [3.05, 3.63) is 94.6 Å². The van der Waals surface area contributed by atoms with E-state index in [0.29, 0.717) is 22.3 Å². The van der Waals surface area contributed by atoms with Gasteiger partial charge < -0.3 is 10.4 Å². The molecule has 9 heteroatoms. The Hall–Kier alpha value is -3.27. The first kappa shape index (κ1) is 21.9. The minimum atomic E-state index is -3.94. The van der Waals surface area contributed by atoms with Crippen molar-refractivity contribution in [1.29, 1.82) is 0 Å². The third-order valence-corrected chi connectivity index (χ3v) is 6.68. The van der Waals surface area contributed by atoms with Crippen LogP contribution in [-0.4, -0.2) is 24.5 Å². The van der Waals surface area contributed by atoms with Crippen LogP contribution in [0, 0.1) is 0 Å². The lowest BCUT2D eigenvalue weighted by Gasteiger charge is -2.16. The van der Waals surface area contributed by atoms with Crippen LogP contribution in [0.4, 0.5) is 11.4 Å². The Morgan fingerprint density at radius 2 is 1.78 bits per heavy atom. The van der Waals surface area contributed by atoms with Gasteiger partial charge in [-0.2, -0.15) is 0 Å². The number of nitrogens with one attached hydrogen (secondary N) is 2. The van der Waals surface area contributed by atoms with E-state index in [1.807, 2.05) is 30.3 Å². The molecule has 0 bridgehead atoms. The lowest BCUT2D eigenvalue weighted by atomic mass is 10.1. The summed E-state index contributed by atoms with van der Waals surface area (Å²) in [5, 5.41) is 13.0. The highest BCUT2D eigenvalue weighted by atomic mass is 79.9. The minimum Gasteiger partial charge on any atom is -0.478 e. The predicted octanol–water partition coefficient (Wildman–Crippen LogP) is 4.92. The highest BCUT2D eigenvalue weighted by molar-refractivity contribution is 9.10. The summed E-state index contributed by atoms with van der Waals surface area (Å²) in [6.07, 6.45) is 1.30. The second kappa shape index (κ2) is 9.07. The molecule has 32 heavy (non-hydrogen) atoms. The van der Waals surface area contributed by atoms with Gasteiger partial charge in [0.2, 0.25) is 10.0 Å². The van der Waals surface area contributed by atoms with Gasteiger partial charge in [-0.25, -0.2) is 17.9 Å². The van der Waals surface area contributed by atoms with Gasteiger partial charge in [-0.05, 0) is 42.0 Å². The van der Waals surface area contributed by atoms with E-state index in [1.54, 1.807) is 30.3 Å². The molecule has 4 aromatic rings. The average Bonchev–Trinajstić information content (AvgIpc) is 2.78. The fraction of sp³-hybridized carbons (Fsp3) is 0.0435. The van der Waals surface area contributed by atoms with E-state index in [9.17, 15) is 18.3 Å². The number of rotatable bonds is 7. The number of carboxylic acid groups (broad SMARTS) is 1. The smallest absolute Gasteiger partial charge is 0.335 e. The number of aromatic carboxylic acids is 1. The number of halogens is 1. The molecule has 3 aromatic carbocycles. The molecule has 0 fully saturated rings. The van der Waals surface area contributed by atoms with Crippen LogP contribution in [0.25, 0.3) is 10.9 Å². The summed E-state index contributed by atoms with van der Waals surface area (Å²) in [4.78, 5) is 15.6. The highest BCUT2D eigenvalue weighted by Crippen LogP contribution is 2.33. The number of nitrogens with zero attached hydrogens (tertiary/aromatic N) is 1. The number of carboxylic acids is 1. The van der Waals surface area contributed by atoms with Crippen LogP contribution in [0.15, 0.2) is 88.4 Å².